The molecule has 5 nitrogen and oxygen atoms in total. The lowest BCUT2D eigenvalue weighted by Crippen LogP contribution is -2.47. The van der Waals surface area contributed by atoms with Crippen LogP contribution in [0.25, 0.3) is 0 Å². The Labute approximate surface area is 195 Å². The number of carbonyl (C=O) groups excluding carboxylic acids is 2. The standard InChI is InChI=1S/C26H35N3O2S/c1-18(2)20-6-8-21(9-7-20)24(29-13-10-25-22(16-29)11-14-32-25)15-27-26(31)23-5-4-12-28(17-23)19(3)30/h6-9,11,14,18,23-24H,4-5,10,12-13,15-17H2,1-3H3,(H,27,31). The smallest absolute Gasteiger partial charge is 0.224 e. The number of nitrogens with one attached hydrogen (secondary N) is 1. The summed E-state index contributed by atoms with van der Waals surface area (Å²) in [6.45, 7) is 9.84. The number of benzene rings is 1. The van der Waals surface area contributed by atoms with Gasteiger partial charge in [0.25, 0.3) is 0 Å². The highest BCUT2D eigenvalue weighted by molar-refractivity contribution is 7.10. The van der Waals surface area contributed by atoms with Gasteiger partial charge in [0.1, 0.15) is 0 Å². The molecule has 172 valence electrons. The summed E-state index contributed by atoms with van der Waals surface area (Å²) in [6, 6.07) is 11.3. The summed E-state index contributed by atoms with van der Waals surface area (Å²) >= 11 is 1.85. The molecule has 2 aliphatic rings. The van der Waals surface area contributed by atoms with Gasteiger partial charge in [0, 0.05) is 44.5 Å². The molecule has 0 radical (unpaired) electrons. The Morgan fingerprint density at radius 3 is 2.59 bits per heavy atom. The average Bonchev–Trinajstić information content (AvgIpc) is 3.27. The largest absolute Gasteiger partial charge is 0.354 e. The number of thiophene rings is 1. The van der Waals surface area contributed by atoms with Crippen LogP contribution in [0.1, 0.15) is 67.1 Å². The van der Waals surface area contributed by atoms with Gasteiger partial charge in [-0.05, 0) is 53.3 Å². The molecule has 1 aromatic carbocycles. The van der Waals surface area contributed by atoms with Crippen LogP contribution in [0.15, 0.2) is 35.7 Å². The van der Waals surface area contributed by atoms with Crippen molar-refractivity contribution in [3.63, 3.8) is 0 Å². The lowest BCUT2D eigenvalue weighted by Gasteiger charge is -2.36. The molecular formula is C26H35N3O2S. The molecule has 4 rings (SSSR count). The first kappa shape index (κ1) is 23.0. The van der Waals surface area contributed by atoms with Crippen molar-refractivity contribution in [2.24, 2.45) is 5.92 Å². The second-order valence-electron chi connectivity index (χ2n) is 9.48. The predicted octanol–water partition coefficient (Wildman–Crippen LogP) is 4.35. The molecule has 0 aliphatic carbocycles. The summed E-state index contributed by atoms with van der Waals surface area (Å²) in [5.41, 5.74) is 4.00. The van der Waals surface area contributed by atoms with E-state index in [1.165, 1.54) is 21.6 Å². The van der Waals surface area contributed by atoms with E-state index < -0.39 is 0 Å². The Kier molecular flexibility index (Phi) is 7.31. The third kappa shape index (κ3) is 5.24. The van der Waals surface area contributed by atoms with E-state index in [1.807, 2.05) is 11.3 Å². The van der Waals surface area contributed by atoms with Crippen molar-refractivity contribution in [1.29, 1.82) is 0 Å². The van der Waals surface area contributed by atoms with E-state index in [0.717, 1.165) is 38.9 Å². The molecule has 32 heavy (non-hydrogen) atoms. The minimum absolute atomic E-state index is 0.0607. The van der Waals surface area contributed by atoms with Crippen molar-refractivity contribution in [2.75, 3.05) is 26.2 Å². The maximum absolute atomic E-state index is 13.0. The zero-order valence-corrected chi connectivity index (χ0v) is 20.3. The molecule has 1 fully saturated rings. The second-order valence-corrected chi connectivity index (χ2v) is 10.5. The summed E-state index contributed by atoms with van der Waals surface area (Å²) < 4.78 is 0. The van der Waals surface area contributed by atoms with Crippen LogP contribution in [0, 0.1) is 5.92 Å². The number of fused-ring (bicyclic) bond motifs is 1. The second kappa shape index (κ2) is 10.2. The molecule has 6 heteroatoms. The van der Waals surface area contributed by atoms with E-state index in [4.69, 9.17) is 0 Å². The van der Waals surface area contributed by atoms with Gasteiger partial charge in [-0.1, -0.05) is 38.1 Å². The van der Waals surface area contributed by atoms with Gasteiger partial charge in [0.15, 0.2) is 0 Å². The normalized spacial score (nSPS) is 20.1. The Bertz CT molecular complexity index is 937. The molecule has 0 spiro atoms. The minimum Gasteiger partial charge on any atom is -0.354 e. The average molecular weight is 454 g/mol. The fourth-order valence-electron chi connectivity index (χ4n) is 4.92. The number of hydrogen-bond acceptors (Lipinski definition) is 4. The zero-order chi connectivity index (χ0) is 22.7. The van der Waals surface area contributed by atoms with Crippen molar-refractivity contribution in [1.82, 2.24) is 15.1 Å². The van der Waals surface area contributed by atoms with Crippen LogP contribution in [0.2, 0.25) is 0 Å². The first-order valence-electron chi connectivity index (χ1n) is 11.8. The number of nitrogens with zero attached hydrogens (tertiary/aromatic N) is 2. The summed E-state index contributed by atoms with van der Waals surface area (Å²) in [6.07, 6.45) is 2.81. The Morgan fingerprint density at radius 1 is 1.12 bits per heavy atom. The van der Waals surface area contributed by atoms with Crippen LogP contribution in [-0.2, 0) is 22.6 Å². The third-order valence-corrected chi connectivity index (χ3v) is 8.00. The maximum atomic E-state index is 13.0. The van der Waals surface area contributed by atoms with Crippen LogP contribution in [-0.4, -0.2) is 47.8 Å². The molecule has 2 amide bonds. The fourth-order valence-corrected chi connectivity index (χ4v) is 5.81. The molecule has 0 bridgehead atoms. The van der Waals surface area contributed by atoms with E-state index in [2.05, 4.69) is 59.8 Å². The van der Waals surface area contributed by atoms with Crippen molar-refractivity contribution < 1.29 is 9.59 Å². The number of rotatable bonds is 6. The van der Waals surface area contributed by atoms with Gasteiger partial charge in [0.05, 0.1) is 12.0 Å². The molecule has 1 aromatic heterocycles. The monoisotopic (exact) mass is 453 g/mol. The number of likely N-dealkylation sites (tertiary alicyclic amines) is 1. The molecule has 2 aromatic rings. The lowest BCUT2D eigenvalue weighted by molar-refractivity contribution is -0.134. The molecule has 2 aliphatic heterocycles. The summed E-state index contributed by atoms with van der Waals surface area (Å²) in [4.78, 5) is 30.6. The first-order valence-corrected chi connectivity index (χ1v) is 12.7. The highest BCUT2D eigenvalue weighted by Crippen LogP contribution is 2.31. The van der Waals surface area contributed by atoms with Crippen LogP contribution in [0.5, 0.6) is 0 Å². The van der Waals surface area contributed by atoms with Crippen molar-refractivity contribution in [3.05, 3.63) is 57.3 Å². The fraction of sp³-hybridized carbons (Fsp3) is 0.538. The third-order valence-electron chi connectivity index (χ3n) is 6.97. The van der Waals surface area contributed by atoms with Gasteiger partial charge in [-0.3, -0.25) is 14.5 Å². The maximum Gasteiger partial charge on any atom is 0.224 e. The number of piperidine rings is 1. The zero-order valence-electron chi connectivity index (χ0n) is 19.5. The molecule has 3 heterocycles. The van der Waals surface area contributed by atoms with Gasteiger partial charge in [-0.15, -0.1) is 11.3 Å². The van der Waals surface area contributed by atoms with E-state index in [9.17, 15) is 9.59 Å². The minimum atomic E-state index is -0.110. The van der Waals surface area contributed by atoms with Gasteiger partial charge in [-0.2, -0.15) is 0 Å². The van der Waals surface area contributed by atoms with Crippen LogP contribution in [0.3, 0.4) is 0 Å². The highest BCUT2D eigenvalue weighted by Gasteiger charge is 2.30. The van der Waals surface area contributed by atoms with Crippen LogP contribution in [0.4, 0.5) is 0 Å². The van der Waals surface area contributed by atoms with E-state index in [0.29, 0.717) is 19.0 Å². The van der Waals surface area contributed by atoms with Crippen molar-refractivity contribution in [2.45, 2.75) is 58.5 Å². The van der Waals surface area contributed by atoms with Crippen molar-refractivity contribution in [3.8, 4) is 0 Å². The Morgan fingerprint density at radius 2 is 1.88 bits per heavy atom. The van der Waals surface area contributed by atoms with E-state index >= 15 is 0 Å². The topological polar surface area (TPSA) is 52.7 Å². The number of carbonyl (C=O) groups is 2. The summed E-state index contributed by atoms with van der Waals surface area (Å²) in [5, 5.41) is 5.43. The molecule has 1 saturated heterocycles. The summed E-state index contributed by atoms with van der Waals surface area (Å²) in [7, 11) is 0. The quantitative estimate of drug-likeness (QED) is 0.708. The predicted molar refractivity (Wildman–Crippen MR) is 130 cm³/mol. The molecule has 2 unspecified atom stereocenters. The number of hydrogen-bond donors (Lipinski definition) is 1. The molecule has 0 saturated carbocycles. The van der Waals surface area contributed by atoms with Crippen molar-refractivity contribution >= 4 is 23.2 Å². The summed E-state index contributed by atoms with van der Waals surface area (Å²) in [5.74, 6) is 0.529. The van der Waals surface area contributed by atoms with Crippen LogP contribution < -0.4 is 5.32 Å². The molecule has 2 atom stereocenters. The van der Waals surface area contributed by atoms with Gasteiger partial charge in [0.2, 0.25) is 11.8 Å². The molecular weight excluding hydrogens is 418 g/mol. The number of amides is 2. The van der Waals surface area contributed by atoms with Gasteiger partial charge < -0.3 is 10.2 Å². The highest BCUT2D eigenvalue weighted by atomic mass is 32.1. The van der Waals surface area contributed by atoms with E-state index in [1.54, 1.807) is 11.8 Å². The molecule has 1 N–H and O–H groups in total. The van der Waals surface area contributed by atoms with Gasteiger partial charge in [-0.25, -0.2) is 0 Å². The Balaban J connectivity index is 1.48. The lowest BCUT2D eigenvalue weighted by atomic mass is 9.95. The van der Waals surface area contributed by atoms with E-state index in [-0.39, 0.29) is 23.8 Å². The van der Waals surface area contributed by atoms with Gasteiger partial charge >= 0.3 is 0 Å². The first-order chi connectivity index (χ1) is 15.4. The SMILES string of the molecule is CC(=O)N1CCCC(C(=O)NCC(c2ccc(C(C)C)cc2)N2CCc3sccc3C2)C1. The Hall–Kier alpha value is -2.18. The van der Waals surface area contributed by atoms with Crippen LogP contribution >= 0.6 is 11.3 Å².